The van der Waals surface area contributed by atoms with Crippen molar-refractivity contribution in [2.24, 2.45) is 5.92 Å². The highest BCUT2D eigenvalue weighted by atomic mass is 32.1. The Morgan fingerprint density at radius 2 is 2.18 bits per heavy atom. The molecule has 0 spiro atoms. The summed E-state index contributed by atoms with van der Waals surface area (Å²) in [7, 11) is 1.63. The van der Waals surface area contributed by atoms with E-state index in [4.69, 9.17) is 14.2 Å². The molecule has 34 heavy (non-hydrogen) atoms. The molecule has 5 rings (SSSR count). The molecule has 176 valence electrons. The lowest BCUT2D eigenvalue weighted by molar-refractivity contribution is 0.0724. The Morgan fingerprint density at radius 1 is 1.26 bits per heavy atom. The van der Waals surface area contributed by atoms with Gasteiger partial charge in [-0.3, -0.25) is 14.2 Å². The molecule has 1 fully saturated rings. The Hall–Kier alpha value is -3.43. The summed E-state index contributed by atoms with van der Waals surface area (Å²) in [6.07, 6.45) is 8.17. The van der Waals surface area contributed by atoms with E-state index in [1.54, 1.807) is 30.6 Å². The maximum atomic E-state index is 13.5. The lowest BCUT2D eigenvalue weighted by Gasteiger charge is -2.23. The summed E-state index contributed by atoms with van der Waals surface area (Å²) in [4.78, 5) is 24.8. The van der Waals surface area contributed by atoms with Gasteiger partial charge in [0, 0.05) is 55.8 Å². The molecule has 4 aromatic rings. The number of imidazole rings is 1. The second kappa shape index (κ2) is 10.2. The second-order valence-electron chi connectivity index (χ2n) is 8.27. The first kappa shape index (κ1) is 22.4. The van der Waals surface area contributed by atoms with Crippen LogP contribution in [0.15, 0.2) is 60.5 Å². The third-order valence-corrected chi connectivity index (χ3v) is 6.57. The van der Waals surface area contributed by atoms with E-state index in [1.807, 2.05) is 46.3 Å². The predicted molar refractivity (Wildman–Crippen MR) is 128 cm³/mol. The van der Waals surface area contributed by atoms with Crippen LogP contribution >= 0.6 is 11.3 Å². The number of ether oxygens (including phenoxy) is 3. The molecule has 1 amide bonds. The molecule has 8 nitrogen and oxygen atoms in total. The Kier molecular flexibility index (Phi) is 6.73. The minimum atomic E-state index is -0.138. The molecule has 0 saturated carbocycles. The smallest absolute Gasteiger partial charge is 0.274 e. The van der Waals surface area contributed by atoms with Crippen LogP contribution in [0.3, 0.4) is 0 Å². The quantitative estimate of drug-likeness (QED) is 0.361. The van der Waals surface area contributed by atoms with Crippen LogP contribution in [0.4, 0.5) is 0 Å². The van der Waals surface area contributed by atoms with Gasteiger partial charge in [0.1, 0.15) is 5.69 Å². The van der Waals surface area contributed by atoms with Gasteiger partial charge in [0.2, 0.25) is 0 Å². The van der Waals surface area contributed by atoms with E-state index in [2.05, 4.69) is 9.97 Å². The van der Waals surface area contributed by atoms with Crippen molar-refractivity contribution in [3.8, 4) is 11.5 Å². The van der Waals surface area contributed by atoms with Gasteiger partial charge in [-0.1, -0.05) is 12.1 Å². The number of carbonyl (C=O) groups excluding carboxylic acids is 1. The van der Waals surface area contributed by atoms with E-state index in [0.717, 1.165) is 35.7 Å². The molecule has 1 atom stereocenters. The van der Waals surface area contributed by atoms with Gasteiger partial charge in [0.25, 0.3) is 5.91 Å². The van der Waals surface area contributed by atoms with E-state index < -0.39 is 0 Å². The summed E-state index contributed by atoms with van der Waals surface area (Å²) in [6.45, 7) is 2.88. The number of benzene rings is 1. The van der Waals surface area contributed by atoms with E-state index in [1.165, 1.54) is 11.3 Å². The molecule has 1 unspecified atom stereocenters. The van der Waals surface area contributed by atoms with Gasteiger partial charge < -0.3 is 19.1 Å². The summed E-state index contributed by atoms with van der Waals surface area (Å²) < 4.78 is 18.9. The van der Waals surface area contributed by atoms with E-state index in [0.29, 0.717) is 42.8 Å². The Labute approximate surface area is 201 Å². The van der Waals surface area contributed by atoms with Crippen LogP contribution in [-0.4, -0.2) is 52.1 Å². The first-order chi connectivity index (χ1) is 16.7. The molecule has 1 saturated heterocycles. The first-order valence-corrected chi connectivity index (χ1v) is 12.1. The zero-order chi connectivity index (χ0) is 23.3. The zero-order valence-electron chi connectivity index (χ0n) is 18.9. The molecule has 0 radical (unpaired) electrons. The minimum Gasteiger partial charge on any atom is -0.493 e. The highest BCUT2D eigenvalue weighted by Crippen LogP contribution is 2.30. The lowest BCUT2D eigenvalue weighted by atomic mass is 10.1. The number of pyridine rings is 1. The second-order valence-corrected chi connectivity index (χ2v) is 9.14. The standard InChI is InChI=1S/C25H26N4O4S/c1-31-22-5-4-18(11-23(22)33-17-20-6-9-32-16-20)13-29(14-19-3-2-7-26-12-19)24(30)21-15-28-8-10-34-25(28)27-21/h2-5,7-8,10-12,15,20H,6,9,13-14,16-17H2,1H3. The normalized spacial score (nSPS) is 15.5. The highest BCUT2D eigenvalue weighted by molar-refractivity contribution is 7.15. The molecule has 9 heteroatoms. The van der Waals surface area contributed by atoms with Gasteiger partial charge in [-0.05, 0) is 35.7 Å². The lowest BCUT2D eigenvalue weighted by Crippen LogP contribution is -2.30. The van der Waals surface area contributed by atoms with Crippen molar-refractivity contribution in [2.75, 3.05) is 26.9 Å². The fourth-order valence-corrected chi connectivity index (χ4v) is 4.68. The molecule has 3 aromatic heterocycles. The summed E-state index contributed by atoms with van der Waals surface area (Å²) >= 11 is 1.50. The average molecular weight is 479 g/mol. The average Bonchev–Trinajstić information content (AvgIpc) is 3.61. The van der Waals surface area contributed by atoms with Crippen molar-refractivity contribution >= 4 is 22.2 Å². The van der Waals surface area contributed by atoms with Crippen LogP contribution < -0.4 is 9.47 Å². The van der Waals surface area contributed by atoms with Crippen molar-refractivity contribution in [1.82, 2.24) is 19.3 Å². The Balaban J connectivity index is 1.38. The van der Waals surface area contributed by atoms with E-state index in [9.17, 15) is 4.79 Å². The number of hydrogen-bond donors (Lipinski definition) is 0. The van der Waals surface area contributed by atoms with Crippen LogP contribution in [-0.2, 0) is 17.8 Å². The maximum Gasteiger partial charge on any atom is 0.274 e. The molecule has 1 aromatic carbocycles. The van der Waals surface area contributed by atoms with Crippen LogP contribution in [0.5, 0.6) is 11.5 Å². The van der Waals surface area contributed by atoms with Crippen molar-refractivity contribution < 1.29 is 19.0 Å². The zero-order valence-corrected chi connectivity index (χ0v) is 19.7. The largest absolute Gasteiger partial charge is 0.493 e. The van der Waals surface area contributed by atoms with E-state index >= 15 is 0 Å². The van der Waals surface area contributed by atoms with Crippen molar-refractivity contribution in [3.63, 3.8) is 0 Å². The molecule has 0 bridgehead atoms. The molecule has 0 N–H and O–H groups in total. The monoisotopic (exact) mass is 478 g/mol. The van der Waals surface area contributed by atoms with Crippen LogP contribution in [0.25, 0.3) is 4.96 Å². The van der Waals surface area contributed by atoms with Gasteiger partial charge in [0.15, 0.2) is 16.5 Å². The number of fused-ring (bicyclic) bond motifs is 1. The first-order valence-electron chi connectivity index (χ1n) is 11.2. The minimum absolute atomic E-state index is 0.138. The van der Waals surface area contributed by atoms with Crippen molar-refractivity contribution in [3.05, 3.63) is 77.3 Å². The third kappa shape index (κ3) is 5.05. The molecular formula is C25H26N4O4S. The molecule has 1 aliphatic rings. The fourth-order valence-electron chi connectivity index (χ4n) is 3.98. The molecule has 1 aliphatic heterocycles. The number of amides is 1. The number of nitrogens with zero attached hydrogens (tertiary/aromatic N) is 4. The molecular weight excluding hydrogens is 452 g/mol. The number of carbonyl (C=O) groups is 1. The summed E-state index contributed by atoms with van der Waals surface area (Å²) in [5, 5.41) is 1.95. The van der Waals surface area contributed by atoms with Crippen molar-refractivity contribution in [2.45, 2.75) is 19.5 Å². The van der Waals surface area contributed by atoms with Gasteiger partial charge >= 0.3 is 0 Å². The highest BCUT2D eigenvalue weighted by Gasteiger charge is 2.22. The van der Waals surface area contributed by atoms with Crippen LogP contribution in [0.1, 0.15) is 28.0 Å². The van der Waals surface area contributed by atoms with Gasteiger partial charge in [-0.15, -0.1) is 11.3 Å². The number of methoxy groups -OCH3 is 1. The Morgan fingerprint density at radius 3 is 2.94 bits per heavy atom. The number of aromatic nitrogens is 3. The van der Waals surface area contributed by atoms with E-state index in [-0.39, 0.29) is 5.91 Å². The predicted octanol–water partition coefficient (Wildman–Crippen LogP) is 4.06. The maximum absolute atomic E-state index is 13.5. The van der Waals surface area contributed by atoms with Gasteiger partial charge in [-0.2, -0.15) is 0 Å². The van der Waals surface area contributed by atoms with Crippen molar-refractivity contribution in [1.29, 1.82) is 0 Å². The number of rotatable bonds is 9. The number of thiazole rings is 1. The number of hydrogen-bond acceptors (Lipinski definition) is 7. The third-order valence-electron chi connectivity index (χ3n) is 5.80. The SMILES string of the molecule is COc1ccc(CN(Cc2cccnc2)C(=O)c2cn3ccsc3n2)cc1OCC1CCOC1. The summed E-state index contributed by atoms with van der Waals surface area (Å²) in [5.41, 5.74) is 2.31. The fraction of sp³-hybridized carbons (Fsp3) is 0.320. The van der Waals surface area contributed by atoms with Gasteiger partial charge in [-0.25, -0.2) is 4.98 Å². The van der Waals surface area contributed by atoms with Gasteiger partial charge in [0.05, 0.1) is 20.3 Å². The summed E-state index contributed by atoms with van der Waals surface area (Å²) in [6, 6.07) is 9.63. The molecule has 4 heterocycles. The van der Waals surface area contributed by atoms with Crippen LogP contribution in [0, 0.1) is 5.92 Å². The molecule has 0 aliphatic carbocycles. The topological polar surface area (TPSA) is 78.2 Å². The summed E-state index contributed by atoms with van der Waals surface area (Å²) in [5.74, 6) is 1.58. The Bertz CT molecular complexity index is 1220. The van der Waals surface area contributed by atoms with Crippen LogP contribution in [0.2, 0.25) is 0 Å².